The van der Waals surface area contributed by atoms with Crippen molar-refractivity contribution in [2.24, 2.45) is 5.92 Å². The van der Waals surface area contributed by atoms with Gasteiger partial charge in [-0.05, 0) is 73.7 Å². The Morgan fingerprint density at radius 1 is 1.05 bits per heavy atom. The molecule has 43 heavy (non-hydrogen) atoms. The first-order valence-electron chi connectivity index (χ1n) is 13.8. The van der Waals surface area contributed by atoms with Crippen LogP contribution in [0.2, 0.25) is 0 Å². The number of benzene rings is 3. The largest absolute Gasteiger partial charge is 0.497 e. The highest BCUT2D eigenvalue weighted by molar-refractivity contribution is 6.02. The summed E-state index contributed by atoms with van der Waals surface area (Å²) in [6, 6.07) is 15.6. The van der Waals surface area contributed by atoms with Crippen LogP contribution in [0.4, 0.5) is 31.0 Å². The van der Waals surface area contributed by atoms with Crippen LogP contribution in [0.1, 0.15) is 24.2 Å². The third-order valence-electron chi connectivity index (χ3n) is 7.17. The highest BCUT2D eigenvalue weighted by Gasteiger charge is 2.34. The first kappa shape index (κ1) is 31.1. The number of aliphatic hydroxyl groups is 1. The van der Waals surface area contributed by atoms with Crippen molar-refractivity contribution in [2.75, 3.05) is 49.8 Å². The number of amides is 5. The smallest absolute Gasteiger partial charge is 0.323 e. The van der Waals surface area contributed by atoms with Crippen molar-refractivity contribution < 1.29 is 33.4 Å². The van der Waals surface area contributed by atoms with Crippen LogP contribution in [0.15, 0.2) is 66.7 Å². The first-order chi connectivity index (χ1) is 20.6. The molecular formula is C31H36FN5O6. The van der Waals surface area contributed by atoms with Crippen LogP contribution in [0, 0.1) is 11.7 Å². The molecule has 1 aliphatic rings. The molecule has 0 aromatic heterocycles. The number of hydrogen-bond acceptors (Lipinski definition) is 6. The highest BCUT2D eigenvalue weighted by Crippen LogP contribution is 2.31. The molecule has 228 valence electrons. The lowest BCUT2D eigenvalue weighted by Crippen LogP contribution is -2.50. The number of anilines is 3. The molecule has 4 rings (SSSR count). The SMILES string of the molecule is COc1ccc(NC(=O)N(C)C[C@@H]2Oc3ccc(NC(=O)Nc4ccc(F)cc4)cc3C(=O)N([C@@H](C)CO)C[C@@H]2C)cc1. The van der Waals surface area contributed by atoms with Gasteiger partial charge in [0.1, 0.15) is 23.4 Å². The summed E-state index contributed by atoms with van der Waals surface area (Å²) >= 11 is 0. The second kappa shape index (κ2) is 13.9. The minimum atomic E-state index is -0.581. The topological polar surface area (TPSA) is 132 Å². The standard InChI is InChI=1S/C31H36FN5O6/c1-19-16-37(20(2)18-38)29(39)26-15-24(34-30(40)33-22-7-5-21(32)6-8-22)11-14-27(26)43-28(19)17-36(3)31(41)35-23-9-12-25(42-4)13-10-23/h5-15,19-20,28,38H,16-18H2,1-4H3,(H,35,41)(H2,33,34,40)/t19-,20-,28-/m0/s1. The van der Waals surface area contributed by atoms with Crippen LogP contribution in [-0.4, -0.2) is 78.9 Å². The van der Waals surface area contributed by atoms with Gasteiger partial charge in [-0.3, -0.25) is 4.79 Å². The number of hydrogen-bond donors (Lipinski definition) is 4. The summed E-state index contributed by atoms with van der Waals surface area (Å²) in [5.41, 5.74) is 1.52. The van der Waals surface area contributed by atoms with Crippen molar-refractivity contribution in [3.8, 4) is 11.5 Å². The summed E-state index contributed by atoms with van der Waals surface area (Å²) in [7, 11) is 3.22. The van der Waals surface area contributed by atoms with E-state index in [1.807, 2.05) is 6.92 Å². The molecule has 1 aliphatic heterocycles. The van der Waals surface area contributed by atoms with E-state index < -0.39 is 24.0 Å². The molecule has 1 heterocycles. The van der Waals surface area contributed by atoms with Gasteiger partial charge >= 0.3 is 12.1 Å². The molecule has 5 amide bonds. The Kier molecular flexibility index (Phi) is 10.0. The van der Waals surface area contributed by atoms with Crippen molar-refractivity contribution in [1.29, 1.82) is 0 Å². The van der Waals surface area contributed by atoms with E-state index >= 15 is 0 Å². The fraction of sp³-hybridized carbons (Fsp3) is 0.323. The zero-order chi connectivity index (χ0) is 31.1. The van der Waals surface area contributed by atoms with Crippen LogP contribution < -0.4 is 25.4 Å². The number of likely N-dealkylation sites (N-methyl/N-ethyl adjacent to an activating group) is 1. The number of nitrogens with one attached hydrogen (secondary N) is 3. The van der Waals surface area contributed by atoms with Gasteiger partial charge in [0.2, 0.25) is 0 Å². The number of nitrogens with zero attached hydrogens (tertiary/aromatic N) is 2. The third-order valence-corrected chi connectivity index (χ3v) is 7.17. The Labute approximate surface area is 249 Å². The van der Waals surface area contributed by atoms with E-state index in [4.69, 9.17) is 9.47 Å². The number of rotatable bonds is 8. The Hall–Kier alpha value is -4.84. The normalized spacial score (nSPS) is 17.0. The maximum Gasteiger partial charge on any atom is 0.323 e. The molecule has 0 saturated carbocycles. The molecule has 12 heteroatoms. The van der Waals surface area contributed by atoms with Crippen LogP contribution in [0.3, 0.4) is 0 Å². The number of methoxy groups -OCH3 is 1. The second-order valence-corrected chi connectivity index (χ2v) is 10.5. The minimum Gasteiger partial charge on any atom is -0.497 e. The van der Waals surface area contributed by atoms with E-state index in [1.165, 1.54) is 35.2 Å². The first-order valence-corrected chi connectivity index (χ1v) is 13.8. The third kappa shape index (κ3) is 7.92. The van der Waals surface area contributed by atoms with E-state index in [0.717, 1.165) is 0 Å². The number of ether oxygens (including phenoxy) is 2. The lowest BCUT2D eigenvalue weighted by Gasteiger charge is -2.38. The lowest BCUT2D eigenvalue weighted by molar-refractivity contribution is 0.0371. The molecule has 0 bridgehead atoms. The van der Waals surface area contributed by atoms with Crippen LogP contribution >= 0.6 is 0 Å². The predicted molar refractivity (Wildman–Crippen MR) is 161 cm³/mol. The summed E-state index contributed by atoms with van der Waals surface area (Å²) in [6.07, 6.45) is -0.507. The maximum atomic E-state index is 13.7. The lowest BCUT2D eigenvalue weighted by atomic mass is 9.99. The van der Waals surface area contributed by atoms with Crippen molar-refractivity contribution in [2.45, 2.75) is 26.0 Å². The zero-order valence-electron chi connectivity index (χ0n) is 24.5. The molecule has 0 spiro atoms. The Morgan fingerprint density at radius 2 is 1.65 bits per heavy atom. The van der Waals surface area contributed by atoms with E-state index in [-0.39, 0.29) is 48.9 Å². The Bertz CT molecular complexity index is 1440. The number of halogens is 1. The molecule has 3 aromatic carbocycles. The summed E-state index contributed by atoms with van der Waals surface area (Å²) in [4.78, 5) is 42.3. The van der Waals surface area contributed by atoms with Crippen molar-refractivity contribution >= 4 is 35.0 Å². The van der Waals surface area contributed by atoms with E-state index in [2.05, 4.69) is 16.0 Å². The van der Waals surface area contributed by atoms with Crippen LogP contribution in [0.25, 0.3) is 0 Å². The minimum absolute atomic E-state index is 0.196. The number of urea groups is 2. The highest BCUT2D eigenvalue weighted by atomic mass is 19.1. The average Bonchev–Trinajstić information content (AvgIpc) is 3.00. The summed E-state index contributed by atoms with van der Waals surface area (Å²) < 4.78 is 24.7. The Morgan fingerprint density at radius 3 is 2.30 bits per heavy atom. The number of fused-ring (bicyclic) bond motifs is 1. The van der Waals surface area contributed by atoms with Gasteiger partial charge in [-0.25, -0.2) is 14.0 Å². The van der Waals surface area contributed by atoms with E-state index in [9.17, 15) is 23.9 Å². The fourth-order valence-electron chi connectivity index (χ4n) is 4.59. The van der Waals surface area contributed by atoms with Crippen molar-refractivity contribution in [3.63, 3.8) is 0 Å². The molecule has 0 fully saturated rings. The average molecular weight is 594 g/mol. The van der Waals surface area contributed by atoms with Crippen molar-refractivity contribution in [3.05, 3.63) is 78.1 Å². The summed E-state index contributed by atoms with van der Waals surface area (Å²) in [5.74, 6) is -0.0452. The second-order valence-electron chi connectivity index (χ2n) is 10.5. The van der Waals surface area contributed by atoms with Crippen molar-refractivity contribution in [1.82, 2.24) is 9.80 Å². The molecule has 4 N–H and O–H groups in total. The van der Waals surface area contributed by atoms with Crippen LogP contribution in [0.5, 0.6) is 11.5 Å². The monoisotopic (exact) mass is 593 g/mol. The molecule has 3 aromatic rings. The predicted octanol–water partition coefficient (Wildman–Crippen LogP) is 4.86. The molecule has 0 radical (unpaired) electrons. The van der Waals surface area contributed by atoms with Gasteiger partial charge in [-0.15, -0.1) is 0 Å². The zero-order valence-corrected chi connectivity index (χ0v) is 24.5. The van der Waals surface area contributed by atoms with Crippen LogP contribution in [-0.2, 0) is 0 Å². The molecular weight excluding hydrogens is 557 g/mol. The van der Waals surface area contributed by atoms with Gasteiger partial charge in [0.15, 0.2) is 0 Å². The maximum absolute atomic E-state index is 13.7. The number of carbonyl (C=O) groups excluding carboxylic acids is 3. The van der Waals surface area contributed by atoms with Gasteiger partial charge in [0.05, 0.1) is 31.9 Å². The molecule has 0 saturated heterocycles. The molecule has 11 nitrogen and oxygen atoms in total. The Balaban J connectivity index is 1.53. The van der Waals surface area contributed by atoms with E-state index in [0.29, 0.717) is 22.8 Å². The molecule has 0 aliphatic carbocycles. The van der Waals surface area contributed by atoms with Gasteiger partial charge in [0.25, 0.3) is 5.91 Å². The summed E-state index contributed by atoms with van der Waals surface area (Å²) in [6.45, 7) is 3.89. The van der Waals surface area contributed by atoms with Gasteiger partial charge in [0, 0.05) is 36.6 Å². The van der Waals surface area contributed by atoms with E-state index in [1.54, 1.807) is 62.4 Å². The fourth-order valence-corrected chi connectivity index (χ4v) is 4.59. The quantitative estimate of drug-likeness (QED) is 0.295. The van der Waals surface area contributed by atoms with Gasteiger partial charge in [-0.2, -0.15) is 0 Å². The molecule has 0 unspecified atom stereocenters. The molecule has 3 atom stereocenters. The number of carbonyl (C=O) groups is 3. The van der Waals surface area contributed by atoms with Gasteiger partial charge < -0.3 is 40.3 Å². The van der Waals surface area contributed by atoms with Gasteiger partial charge in [-0.1, -0.05) is 6.92 Å². The summed E-state index contributed by atoms with van der Waals surface area (Å²) in [5, 5.41) is 18.0. The number of aliphatic hydroxyl groups excluding tert-OH is 1.